The van der Waals surface area contributed by atoms with Crippen LogP contribution in [0.4, 0.5) is 0 Å². The lowest BCUT2D eigenvalue weighted by Crippen LogP contribution is -2.53. The van der Waals surface area contributed by atoms with E-state index < -0.39 is 48.6 Å². The van der Waals surface area contributed by atoms with Crippen LogP contribution < -0.4 is 0 Å². The monoisotopic (exact) mass is 479 g/mol. The molecular formula is C14H27N2O10S3-. The first-order valence-electron chi connectivity index (χ1n) is 9.18. The van der Waals surface area contributed by atoms with Crippen LogP contribution in [0.25, 0.3) is 0 Å². The molecule has 0 aromatic carbocycles. The number of nitrogens with zero attached hydrogens (tertiary/aromatic N) is 2. The first-order chi connectivity index (χ1) is 13.6. The van der Waals surface area contributed by atoms with Crippen molar-refractivity contribution in [1.29, 1.82) is 0 Å². The van der Waals surface area contributed by atoms with Gasteiger partial charge in [0.25, 0.3) is 20.2 Å². The normalized spacial score (nSPS) is 23.5. The van der Waals surface area contributed by atoms with Crippen molar-refractivity contribution in [2.75, 3.05) is 64.9 Å². The lowest BCUT2D eigenvalue weighted by molar-refractivity contribution is 0.0111. The van der Waals surface area contributed by atoms with Gasteiger partial charge in [0.15, 0.2) is 0 Å². The van der Waals surface area contributed by atoms with Gasteiger partial charge in [-0.3, -0.25) is 14.4 Å². The van der Waals surface area contributed by atoms with Crippen molar-refractivity contribution in [3.05, 3.63) is 0 Å². The van der Waals surface area contributed by atoms with Gasteiger partial charge in [-0.1, -0.05) is 0 Å². The van der Waals surface area contributed by atoms with Gasteiger partial charge in [-0.25, -0.2) is 4.21 Å². The Morgan fingerprint density at radius 3 is 2.07 bits per heavy atom. The molecule has 2 rings (SSSR count). The summed E-state index contributed by atoms with van der Waals surface area (Å²) in [6.45, 7) is 4.14. The molecule has 2 heterocycles. The summed E-state index contributed by atoms with van der Waals surface area (Å²) in [5, 5.41) is -1.24. The molecule has 0 amide bonds. The molecule has 0 bridgehead atoms. The van der Waals surface area contributed by atoms with Crippen LogP contribution in [0.2, 0.25) is 0 Å². The molecule has 0 aliphatic carbocycles. The van der Waals surface area contributed by atoms with Crippen LogP contribution in [0.15, 0.2) is 0 Å². The van der Waals surface area contributed by atoms with Crippen LogP contribution in [0, 0.1) is 0 Å². The highest BCUT2D eigenvalue weighted by Crippen LogP contribution is 2.22. The second-order valence-electron chi connectivity index (χ2n) is 6.83. The lowest BCUT2D eigenvalue weighted by Gasteiger charge is -2.38. The van der Waals surface area contributed by atoms with Crippen molar-refractivity contribution in [3.8, 4) is 0 Å². The Morgan fingerprint density at radius 2 is 1.55 bits per heavy atom. The third-order valence-electron chi connectivity index (χ3n) is 4.98. The third kappa shape index (κ3) is 8.80. The topological polar surface area (TPSA) is 163 Å². The molecule has 2 fully saturated rings. The third-order valence-corrected chi connectivity index (χ3v) is 8.31. The van der Waals surface area contributed by atoms with E-state index in [1.807, 2.05) is 4.90 Å². The smallest absolute Gasteiger partial charge is 0.279 e. The molecule has 2 saturated heterocycles. The summed E-state index contributed by atoms with van der Waals surface area (Å²) < 4.78 is 93.4. The number of rotatable bonds is 11. The van der Waals surface area contributed by atoms with Crippen LogP contribution in [-0.4, -0.2) is 116 Å². The summed E-state index contributed by atoms with van der Waals surface area (Å²) in [6, 6.07) is -0.839. The Hall–Kier alpha value is -0.230. The highest BCUT2D eigenvalue weighted by molar-refractivity contribution is 7.95. The van der Waals surface area contributed by atoms with Crippen molar-refractivity contribution >= 4 is 31.6 Å². The van der Waals surface area contributed by atoms with E-state index in [1.165, 1.54) is 0 Å². The lowest BCUT2D eigenvalue weighted by atomic mass is 10.1. The summed E-state index contributed by atoms with van der Waals surface area (Å²) in [5.74, 6) is -0.702. The molecule has 172 valence electrons. The van der Waals surface area contributed by atoms with Crippen LogP contribution >= 0.6 is 0 Å². The maximum Gasteiger partial charge on any atom is 0.279 e. The Balaban J connectivity index is 2.15. The average Bonchev–Trinajstić information content (AvgIpc) is 2.64. The fourth-order valence-electron chi connectivity index (χ4n) is 3.57. The zero-order chi connectivity index (χ0) is 21.5. The predicted molar refractivity (Wildman–Crippen MR) is 102 cm³/mol. The maximum absolute atomic E-state index is 12.2. The predicted octanol–water partition coefficient (Wildman–Crippen LogP) is -1.80. The quantitative estimate of drug-likeness (QED) is 0.261. The van der Waals surface area contributed by atoms with Gasteiger partial charge in [0.05, 0.1) is 32.2 Å². The molecule has 12 nitrogen and oxygen atoms in total. The minimum atomic E-state index is -4.50. The molecule has 2 aliphatic heterocycles. The fourth-order valence-corrected chi connectivity index (χ4v) is 6.16. The van der Waals surface area contributed by atoms with Gasteiger partial charge in [-0.2, -0.15) is 20.5 Å². The van der Waals surface area contributed by atoms with Crippen LogP contribution in [-0.2, 0) is 44.7 Å². The minimum Gasteiger partial charge on any atom is -0.749 e. The van der Waals surface area contributed by atoms with E-state index in [2.05, 4.69) is 3.63 Å². The van der Waals surface area contributed by atoms with Crippen molar-refractivity contribution in [2.45, 2.75) is 24.1 Å². The first kappa shape index (κ1) is 25.0. The second-order valence-corrected chi connectivity index (χ2v) is 10.9. The number of hydrogen-bond donors (Lipinski definition) is 1. The molecule has 0 radical (unpaired) electrons. The van der Waals surface area contributed by atoms with E-state index >= 15 is 0 Å². The van der Waals surface area contributed by atoms with Crippen molar-refractivity contribution in [2.24, 2.45) is 0 Å². The molecule has 0 aromatic heterocycles. The van der Waals surface area contributed by atoms with E-state index in [4.69, 9.17) is 9.47 Å². The highest BCUT2D eigenvalue weighted by atomic mass is 32.3. The molecule has 15 heteroatoms. The second kappa shape index (κ2) is 11.4. The van der Waals surface area contributed by atoms with E-state index in [0.717, 1.165) is 0 Å². The molecule has 0 spiro atoms. The van der Waals surface area contributed by atoms with Crippen molar-refractivity contribution in [1.82, 2.24) is 9.80 Å². The Labute approximate surface area is 173 Å². The largest absolute Gasteiger partial charge is 0.749 e. The summed E-state index contributed by atoms with van der Waals surface area (Å²) in [4.78, 5) is 3.77. The molecule has 3 unspecified atom stereocenters. The van der Waals surface area contributed by atoms with E-state index in [1.54, 1.807) is 4.90 Å². The summed E-state index contributed by atoms with van der Waals surface area (Å²) in [6.07, 6.45) is -0.123. The fraction of sp³-hybridized carbons (Fsp3) is 1.00. The maximum atomic E-state index is 12.2. The van der Waals surface area contributed by atoms with Gasteiger partial charge in [0.2, 0.25) is 0 Å². The SMILES string of the molecule is O=S([O-])OS(=O)(=O)CCC(C(CCN1CCOCC1)S(=O)(=O)O)N1CCOCC1. The standard InChI is InChI=1S/C14H28N2O10S3/c17-27(18)26-28(19,20)12-2-13(16-6-10-25-11-7-16)14(29(21,22)23)1-3-15-4-8-24-9-5-15/h13-14H,1-12H2,(H,17,18)(H,21,22,23)/p-1. The molecule has 0 saturated carbocycles. The van der Waals surface area contributed by atoms with E-state index in [0.29, 0.717) is 59.2 Å². The first-order valence-corrected chi connectivity index (χ1v) is 13.3. The van der Waals surface area contributed by atoms with Gasteiger partial charge >= 0.3 is 0 Å². The van der Waals surface area contributed by atoms with Crippen LogP contribution in [0.3, 0.4) is 0 Å². The summed E-state index contributed by atoms with van der Waals surface area (Å²) in [5.41, 5.74) is 0. The van der Waals surface area contributed by atoms with E-state index in [9.17, 15) is 30.1 Å². The van der Waals surface area contributed by atoms with E-state index in [-0.39, 0.29) is 12.8 Å². The Kier molecular flexibility index (Phi) is 9.85. The van der Waals surface area contributed by atoms with Gasteiger partial charge in [0, 0.05) is 32.2 Å². The van der Waals surface area contributed by atoms with Crippen molar-refractivity contribution < 1.29 is 43.3 Å². The van der Waals surface area contributed by atoms with Crippen molar-refractivity contribution in [3.63, 3.8) is 0 Å². The molecule has 2 aliphatic rings. The number of morpholine rings is 2. The Morgan fingerprint density at radius 1 is 1.00 bits per heavy atom. The zero-order valence-corrected chi connectivity index (χ0v) is 18.3. The van der Waals surface area contributed by atoms with Gasteiger partial charge in [0.1, 0.15) is 16.6 Å². The van der Waals surface area contributed by atoms with Crippen LogP contribution in [0.5, 0.6) is 0 Å². The molecule has 3 atom stereocenters. The van der Waals surface area contributed by atoms with Crippen LogP contribution in [0.1, 0.15) is 12.8 Å². The van der Waals surface area contributed by atoms with Gasteiger partial charge in [-0.15, -0.1) is 0 Å². The van der Waals surface area contributed by atoms with Gasteiger partial charge < -0.3 is 14.0 Å². The molecule has 1 N–H and O–H groups in total. The minimum absolute atomic E-state index is 0.0925. The van der Waals surface area contributed by atoms with Gasteiger partial charge in [-0.05, 0) is 19.4 Å². The molecular weight excluding hydrogens is 452 g/mol. The zero-order valence-electron chi connectivity index (χ0n) is 15.9. The highest BCUT2D eigenvalue weighted by Gasteiger charge is 2.37. The molecule has 0 aromatic rings. The average molecular weight is 480 g/mol. The molecule has 29 heavy (non-hydrogen) atoms. The Bertz CT molecular complexity index is 733. The summed E-state index contributed by atoms with van der Waals surface area (Å²) in [7, 11) is -8.91. The summed E-state index contributed by atoms with van der Waals surface area (Å²) >= 11 is -3.25. The number of hydrogen-bond acceptors (Lipinski definition) is 11. The number of ether oxygens (including phenoxy) is 2.